The van der Waals surface area contributed by atoms with Gasteiger partial charge in [0.2, 0.25) is 0 Å². The number of aliphatic hydroxyl groups excluding tert-OH is 1. The predicted octanol–water partition coefficient (Wildman–Crippen LogP) is -0.623. The molecule has 0 rings (SSSR count). The second kappa shape index (κ2) is 4.79. The second-order valence-electron chi connectivity index (χ2n) is 3.27. The Morgan fingerprint density at radius 3 is 2.17 bits per heavy atom. The molecular formula is C7H17NO3S. The minimum Gasteiger partial charge on any atom is -0.392 e. The van der Waals surface area contributed by atoms with Crippen molar-refractivity contribution in [2.75, 3.05) is 18.1 Å². The van der Waals surface area contributed by atoms with E-state index >= 15 is 0 Å². The molecule has 2 atom stereocenters. The maximum Gasteiger partial charge on any atom is 0.153 e. The van der Waals surface area contributed by atoms with Crippen LogP contribution in [0.1, 0.15) is 13.8 Å². The van der Waals surface area contributed by atoms with Crippen molar-refractivity contribution in [2.45, 2.75) is 20.0 Å². The van der Waals surface area contributed by atoms with E-state index < -0.39 is 15.9 Å². The summed E-state index contributed by atoms with van der Waals surface area (Å²) in [5, 5.41) is 8.86. The molecule has 0 bridgehead atoms. The van der Waals surface area contributed by atoms with E-state index in [1.807, 2.05) is 0 Å². The molecular weight excluding hydrogens is 178 g/mol. The zero-order valence-corrected chi connectivity index (χ0v) is 8.34. The molecule has 0 aromatic carbocycles. The van der Waals surface area contributed by atoms with Crippen LogP contribution in [0.5, 0.6) is 0 Å². The van der Waals surface area contributed by atoms with Gasteiger partial charge in [-0.15, -0.1) is 0 Å². The summed E-state index contributed by atoms with van der Waals surface area (Å²) < 4.78 is 22.4. The highest BCUT2D eigenvalue weighted by Crippen LogP contribution is 2.01. The zero-order valence-electron chi connectivity index (χ0n) is 7.53. The fourth-order valence-electron chi connectivity index (χ4n) is 0.937. The molecule has 12 heavy (non-hydrogen) atoms. The van der Waals surface area contributed by atoms with Gasteiger partial charge in [0.1, 0.15) is 0 Å². The van der Waals surface area contributed by atoms with Crippen molar-refractivity contribution in [3.63, 3.8) is 0 Å². The van der Waals surface area contributed by atoms with E-state index in [0.29, 0.717) is 6.54 Å². The van der Waals surface area contributed by atoms with Gasteiger partial charge < -0.3 is 10.8 Å². The summed E-state index contributed by atoms with van der Waals surface area (Å²) >= 11 is 0. The van der Waals surface area contributed by atoms with Crippen molar-refractivity contribution in [1.82, 2.24) is 0 Å². The highest BCUT2D eigenvalue weighted by Gasteiger charge is 2.16. The molecule has 0 spiro atoms. The smallest absolute Gasteiger partial charge is 0.153 e. The summed E-state index contributed by atoms with van der Waals surface area (Å²) in [7, 11) is -3.12. The standard InChI is InChI=1S/C7H17NO3S/c1-6(3-8)4-12(10,11)5-7(2)9/h6-7,9H,3-5,8H2,1-2H3. The Morgan fingerprint density at radius 1 is 1.33 bits per heavy atom. The molecule has 0 heterocycles. The van der Waals surface area contributed by atoms with Crippen LogP contribution >= 0.6 is 0 Å². The van der Waals surface area contributed by atoms with Crippen LogP contribution in [-0.2, 0) is 9.84 Å². The quantitative estimate of drug-likeness (QED) is 0.612. The van der Waals surface area contributed by atoms with Crippen LogP contribution in [0.2, 0.25) is 0 Å². The monoisotopic (exact) mass is 195 g/mol. The van der Waals surface area contributed by atoms with Gasteiger partial charge in [-0.2, -0.15) is 0 Å². The van der Waals surface area contributed by atoms with Gasteiger partial charge in [0.15, 0.2) is 9.84 Å². The summed E-state index contributed by atoms with van der Waals surface area (Å²) in [4.78, 5) is 0. The summed E-state index contributed by atoms with van der Waals surface area (Å²) in [5.41, 5.74) is 5.28. The Kier molecular flexibility index (Phi) is 4.74. The normalized spacial score (nSPS) is 17.3. The molecule has 0 saturated heterocycles. The van der Waals surface area contributed by atoms with Crippen molar-refractivity contribution in [3.8, 4) is 0 Å². The number of hydrogen-bond acceptors (Lipinski definition) is 4. The van der Waals surface area contributed by atoms with Crippen LogP contribution in [0.3, 0.4) is 0 Å². The summed E-state index contributed by atoms with van der Waals surface area (Å²) in [5.74, 6) is -0.139. The van der Waals surface area contributed by atoms with Gasteiger partial charge in [-0.1, -0.05) is 6.92 Å². The molecule has 74 valence electrons. The third-order valence-electron chi connectivity index (χ3n) is 1.44. The van der Waals surface area contributed by atoms with E-state index in [2.05, 4.69) is 0 Å². The van der Waals surface area contributed by atoms with Gasteiger partial charge in [-0.3, -0.25) is 0 Å². The lowest BCUT2D eigenvalue weighted by Gasteiger charge is -2.10. The molecule has 2 unspecified atom stereocenters. The maximum atomic E-state index is 11.2. The largest absolute Gasteiger partial charge is 0.392 e. The van der Waals surface area contributed by atoms with Crippen LogP contribution < -0.4 is 5.73 Å². The van der Waals surface area contributed by atoms with Crippen LogP contribution in [0, 0.1) is 5.92 Å². The second-order valence-corrected chi connectivity index (χ2v) is 5.42. The van der Waals surface area contributed by atoms with E-state index in [1.165, 1.54) is 6.92 Å². The number of rotatable bonds is 5. The Morgan fingerprint density at radius 2 is 1.83 bits per heavy atom. The first-order chi connectivity index (χ1) is 5.37. The van der Waals surface area contributed by atoms with Crippen LogP contribution in [0.25, 0.3) is 0 Å². The van der Waals surface area contributed by atoms with E-state index in [9.17, 15) is 8.42 Å². The molecule has 3 N–H and O–H groups in total. The number of aliphatic hydroxyl groups is 1. The molecule has 0 aromatic rings. The fraction of sp³-hybridized carbons (Fsp3) is 1.00. The van der Waals surface area contributed by atoms with Crippen molar-refractivity contribution in [1.29, 1.82) is 0 Å². The number of nitrogens with two attached hydrogens (primary N) is 1. The first kappa shape index (κ1) is 11.9. The number of hydrogen-bond donors (Lipinski definition) is 2. The Hall–Kier alpha value is -0.130. The molecule has 0 aliphatic heterocycles. The Balaban J connectivity index is 4.05. The molecule has 0 amide bonds. The highest BCUT2D eigenvalue weighted by molar-refractivity contribution is 7.91. The Labute approximate surface area is 73.7 Å². The third kappa shape index (κ3) is 5.51. The lowest BCUT2D eigenvalue weighted by atomic mass is 10.2. The van der Waals surface area contributed by atoms with Gasteiger partial charge in [-0.05, 0) is 19.4 Å². The van der Waals surface area contributed by atoms with Gasteiger partial charge in [0.25, 0.3) is 0 Å². The topological polar surface area (TPSA) is 80.4 Å². The van der Waals surface area contributed by atoms with E-state index in [-0.39, 0.29) is 17.4 Å². The maximum absolute atomic E-state index is 11.2. The van der Waals surface area contributed by atoms with Crippen molar-refractivity contribution < 1.29 is 13.5 Å². The SMILES string of the molecule is CC(O)CS(=O)(=O)CC(C)CN. The van der Waals surface area contributed by atoms with Crippen molar-refractivity contribution in [3.05, 3.63) is 0 Å². The number of sulfone groups is 1. The minimum atomic E-state index is -3.12. The molecule has 0 fully saturated rings. The lowest BCUT2D eigenvalue weighted by molar-refractivity contribution is 0.218. The van der Waals surface area contributed by atoms with Gasteiger partial charge in [-0.25, -0.2) is 8.42 Å². The molecule has 0 aliphatic rings. The molecule has 5 heteroatoms. The van der Waals surface area contributed by atoms with Crippen LogP contribution in [0.4, 0.5) is 0 Å². The highest BCUT2D eigenvalue weighted by atomic mass is 32.2. The third-order valence-corrected chi connectivity index (χ3v) is 3.50. The minimum absolute atomic E-state index is 0.0336. The average Bonchev–Trinajstić information content (AvgIpc) is 1.83. The summed E-state index contributed by atoms with van der Waals surface area (Å²) in [6.45, 7) is 3.60. The summed E-state index contributed by atoms with van der Waals surface area (Å²) in [6, 6.07) is 0. The molecule has 4 nitrogen and oxygen atoms in total. The van der Waals surface area contributed by atoms with Gasteiger partial charge in [0, 0.05) is 0 Å². The first-order valence-corrected chi connectivity index (χ1v) is 5.78. The van der Waals surface area contributed by atoms with Crippen LogP contribution in [0.15, 0.2) is 0 Å². The van der Waals surface area contributed by atoms with E-state index in [1.54, 1.807) is 6.92 Å². The molecule has 0 saturated carbocycles. The predicted molar refractivity (Wildman–Crippen MR) is 48.6 cm³/mol. The van der Waals surface area contributed by atoms with Crippen molar-refractivity contribution in [2.24, 2.45) is 11.7 Å². The fourth-order valence-corrected chi connectivity index (χ4v) is 2.81. The molecule has 0 radical (unpaired) electrons. The van der Waals surface area contributed by atoms with Gasteiger partial charge >= 0.3 is 0 Å². The van der Waals surface area contributed by atoms with E-state index in [4.69, 9.17) is 10.8 Å². The molecule has 0 aliphatic carbocycles. The summed E-state index contributed by atoms with van der Waals surface area (Å²) in [6.07, 6.45) is -0.792. The molecule has 0 aromatic heterocycles. The average molecular weight is 195 g/mol. The van der Waals surface area contributed by atoms with Gasteiger partial charge in [0.05, 0.1) is 17.6 Å². The zero-order chi connectivity index (χ0) is 9.78. The van der Waals surface area contributed by atoms with Crippen molar-refractivity contribution >= 4 is 9.84 Å². The first-order valence-electron chi connectivity index (χ1n) is 3.96. The lowest BCUT2D eigenvalue weighted by Crippen LogP contribution is -2.26. The van der Waals surface area contributed by atoms with E-state index in [0.717, 1.165) is 0 Å². The van der Waals surface area contributed by atoms with Crippen LogP contribution in [-0.4, -0.2) is 37.7 Å². The Bertz CT molecular complexity index is 211.